The Morgan fingerprint density at radius 3 is 2.19 bits per heavy atom. The van der Waals surface area contributed by atoms with Gasteiger partial charge < -0.3 is 15.6 Å². The van der Waals surface area contributed by atoms with Gasteiger partial charge >= 0.3 is 12.1 Å². The number of aliphatic carboxylic acids is 1. The molecule has 0 bridgehead atoms. The van der Waals surface area contributed by atoms with E-state index in [1.807, 2.05) is 0 Å². The Kier molecular flexibility index (Phi) is 7.34. The second-order valence-corrected chi connectivity index (χ2v) is 5.90. The number of amides is 2. The standard InChI is InChI=1S/C19H19ClN2O5/c20-10-13-6-8-15(9-7-13)17(23)22(16(11-21)18(24)25)19(26)27-12-14-4-2-1-3-5-14/h1-9,16H,10-12,21H2,(H,24,25). The number of carbonyl (C=O) groups is 3. The molecule has 142 valence electrons. The fourth-order valence-corrected chi connectivity index (χ4v) is 2.51. The van der Waals surface area contributed by atoms with Crippen LogP contribution in [0.1, 0.15) is 21.5 Å². The molecule has 2 aromatic carbocycles. The topological polar surface area (TPSA) is 110 Å². The first-order chi connectivity index (χ1) is 13.0. The predicted molar refractivity (Wildman–Crippen MR) is 99.3 cm³/mol. The normalized spacial score (nSPS) is 11.5. The summed E-state index contributed by atoms with van der Waals surface area (Å²) in [6.45, 7) is -0.549. The Labute approximate surface area is 161 Å². The van der Waals surface area contributed by atoms with Gasteiger partial charge in [-0.25, -0.2) is 14.5 Å². The van der Waals surface area contributed by atoms with E-state index in [0.29, 0.717) is 10.5 Å². The number of nitrogens with zero attached hydrogens (tertiary/aromatic N) is 1. The number of halogens is 1. The van der Waals surface area contributed by atoms with Crippen molar-refractivity contribution in [2.45, 2.75) is 18.5 Å². The van der Waals surface area contributed by atoms with Gasteiger partial charge in [0.2, 0.25) is 0 Å². The minimum atomic E-state index is -1.55. The molecule has 0 aromatic heterocycles. The van der Waals surface area contributed by atoms with Crippen LogP contribution < -0.4 is 5.73 Å². The van der Waals surface area contributed by atoms with Crippen LogP contribution in [0, 0.1) is 0 Å². The second-order valence-electron chi connectivity index (χ2n) is 5.64. The highest BCUT2D eigenvalue weighted by atomic mass is 35.5. The van der Waals surface area contributed by atoms with Gasteiger partial charge in [-0.15, -0.1) is 11.6 Å². The van der Waals surface area contributed by atoms with E-state index in [0.717, 1.165) is 5.56 Å². The summed E-state index contributed by atoms with van der Waals surface area (Å²) in [6.07, 6.45) is -1.08. The van der Waals surface area contributed by atoms with Crippen LogP contribution in [0.25, 0.3) is 0 Å². The molecule has 27 heavy (non-hydrogen) atoms. The van der Waals surface area contributed by atoms with Gasteiger partial charge in [0, 0.05) is 18.0 Å². The Balaban J connectivity index is 2.24. The van der Waals surface area contributed by atoms with Crippen LogP contribution in [0.15, 0.2) is 54.6 Å². The van der Waals surface area contributed by atoms with E-state index in [2.05, 4.69) is 0 Å². The molecule has 1 atom stereocenters. The molecule has 2 amide bonds. The average Bonchev–Trinajstić information content (AvgIpc) is 2.70. The van der Waals surface area contributed by atoms with Gasteiger partial charge in [0.1, 0.15) is 6.61 Å². The molecule has 0 radical (unpaired) electrons. The summed E-state index contributed by atoms with van der Waals surface area (Å²) in [5, 5.41) is 9.36. The largest absolute Gasteiger partial charge is 0.480 e. The molecule has 7 nitrogen and oxygen atoms in total. The highest BCUT2D eigenvalue weighted by molar-refractivity contribution is 6.17. The quantitative estimate of drug-likeness (QED) is 0.703. The van der Waals surface area contributed by atoms with Crippen molar-refractivity contribution in [2.75, 3.05) is 6.54 Å². The fraction of sp³-hybridized carbons (Fsp3) is 0.211. The van der Waals surface area contributed by atoms with Gasteiger partial charge in [0.25, 0.3) is 5.91 Å². The summed E-state index contributed by atoms with van der Waals surface area (Å²) in [5.74, 6) is -1.95. The van der Waals surface area contributed by atoms with Crippen molar-refractivity contribution in [1.29, 1.82) is 0 Å². The van der Waals surface area contributed by atoms with Crippen molar-refractivity contribution in [3.05, 3.63) is 71.3 Å². The third kappa shape index (κ3) is 5.29. The summed E-state index contributed by atoms with van der Waals surface area (Å²) in [4.78, 5) is 37.3. The van der Waals surface area contributed by atoms with E-state index >= 15 is 0 Å². The van der Waals surface area contributed by atoms with Crippen molar-refractivity contribution in [3.63, 3.8) is 0 Å². The number of ether oxygens (including phenoxy) is 1. The molecule has 0 spiro atoms. The molecular formula is C19H19ClN2O5. The number of nitrogens with two attached hydrogens (primary N) is 1. The third-order valence-corrected chi connectivity index (χ3v) is 4.10. The molecule has 0 aliphatic carbocycles. The molecule has 0 aliphatic heterocycles. The highest BCUT2D eigenvalue weighted by Gasteiger charge is 2.35. The zero-order chi connectivity index (χ0) is 19.8. The average molecular weight is 391 g/mol. The Bertz CT molecular complexity index is 796. The predicted octanol–water partition coefficient (Wildman–Crippen LogP) is 2.62. The Hall–Kier alpha value is -2.90. The first-order valence-corrected chi connectivity index (χ1v) is 8.63. The van der Waals surface area contributed by atoms with E-state index in [9.17, 15) is 19.5 Å². The maximum absolute atomic E-state index is 12.8. The monoisotopic (exact) mass is 390 g/mol. The molecule has 0 saturated carbocycles. The van der Waals surface area contributed by atoms with Crippen molar-refractivity contribution in [1.82, 2.24) is 4.90 Å². The molecule has 3 N–H and O–H groups in total. The van der Waals surface area contributed by atoms with Crippen LogP contribution in [0.3, 0.4) is 0 Å². The Morgan fingerprint density at radius 2 is 1.67 bits per heavy atom. The van der Waals surface area contributed by atoms with Crippen LogP contribution >= 0.6 is 11.6 Å². The number of carbonyl (C=O) groups excluding carboxylic acids is 2. The lowest BCUT2D eigenvalue weighted by Crippen LogP contribution is -2.52. The summed E-state index contributed by atoms with van der Waals surface area (Å²) in [6, 6.07) is 13.4. The molecule has 1 unspecified atom stereocenters. The molecule has 0 heterocycles. The van der Waals surface area contributed by atoms with Gasteiger partial charge in [-0.2, -0.15) is 0 Å². The van der Waals surface area contributed by atoms with E-state index in [1.165, 1.54) is 12.1 Å². The van der Waals surface area contributed by atoms with Crippen LogP contribution in [-0.2, 0) is 22.0 Å². The lowest BCUT2D eigenvalue weighted by atomic mass is 10.1. The maximum atomic E-state index is 12.8. The SMILES string of the molecule is NCC(C(=O)O)N(C(=O)OCc1ccccc1)C(=O)c1ccc(CCl)cc1. The van der Waals surface area contributed by atoms with Crippen molar-refractivity contribution < 1.29 is 24.2 Å². The van der Waals surface area contributed by atoms with Gasteiger partial charge in [0.05, 0.1) is 0 Å². The second kappa shape index (κ2) is 9.70. The summed E-state index contributed by atoms with van der Waals surface area (Å²) < 4.78 is 5.14. The van der Waals surface area contributed by atoms with Gasteiger partial charge in [0.15, 0.2) is 6.04 Å². The number of benzene rings is 2. The number of hydrogen-bond acceptors (Lipinski definition) is 5. The first kappa shape index (κ1) is 20.4. The number of carboxylic acid groups (broad SMARTS) is 1. The molecule has 2 aromatic rings. The molecule has 0 saturated heterocycles. The molecule has 0 fully saturated rings. The third-order valence-electron chi connectivity index (χ3n) is 3.80. The van der Waals surface area contributed by atoms with Crippen LogP contribution in [0.4, 0.5) is 4.79 Å². The minimum Gasteiger partial charge on any atom is -0.480 e. The zero-order valence-electron chi connectivity index (χ0n) is 14.4. The lowest BCUT2D eigenvalue weighted by Gasteiger charge is -2.25. The summed E-state index contributed by atoms with van der Waals surface area (Å²) in [5.41, 5.74) is 7.08. The smallest absolute Gasteiger partial charge is 0.418 e. The lowest BCUT2D eigenvalue weighted by molar-refractivity contribution is -0.141. The minimum absolute atomic E-state index is 0.106. The van der Waals surface area contributed by atoms with Gasteiger partial charge in [-0.05, 0) is 23.3 Å². The number of carboxylic acids is 1. The van der Waals surface area contributed by atoms with Crippen molar-refractivity contribution in [2.24, 2.45) is 5.73 Å². The van der Waals surface area contributed by atoms with Crippen molar-refractivity contribution >= 4 is 29.6 Å². The van der Waals surface area contributed by atoms with Crippen LogP contribution in [-0.4, -0.2) is 40.6 Å². The van der Waals surface area contributed by atoms with Crippen LogP contribution in [0.2, 0.25) is 0 Å². The number of rotatable bonds is 7. The summed E-state index contributed by atoms with van der Waals surface area (Å²) >= 11 is 5.72. The number of hydrogen-bond donors (Lipinski definition) is 2. The van der Waals surface area contributed by atoms with E-state index < -0.39 is 30.6 Å². The Morgan fingerprint density at radius 1 is 1.04 bits per heavy atom. The zero-order valence-corrected chi connectivity index (χ0v) is 15.1. The molecule has 0 aliphatic rings. The summed E-state index contributed by atoms with van der Waals surface area (Å²) in [7, 11) is 0. The van der Waals surface area contributed by atoms with Crippen LogP contribution in [0.5, 0.6) is 0 Å². The molecular weight excluding hydrogens is 372 g/mol. The highest BCUT2D eigenvalue weighted by Crippen LogP contribution is 2.14. The van der Waals surface area contributed by atoms with E-state index in [1.54, 1.807) is 42.5 Å². The van der Waals surface area contributed by atoms with Crippen molar-refractivity contribution in [3.8, 4) is 0 Å². The fourth-order valence-electron chi connectivity index (χ4n) is 2.33. The van der Waals surface area contributed by atoms with Gasteiger partial charge in [-0.3, -0.25) is 4.79 Å². The molecule has 8 heteroatoms. The van der Waals surface area contributed by atoms with Gasteiger partial charge in [-0.1, -0.05) is 42.5 Å². The van der Waals surface area contributed by atoms with E-state index in [-0.39, 0.29) is 18.1 Å². The molecule has 2 rings (SSSR count). The maximum Gasteiger partial charge on any atom is 0.418 e. The number of alkyl halides is 1. The van der Waals surface area contributed by atoms with E-state index in [4.69, 9.17) is 22.1 Å². The first-order valence-electron chi connectivity index (χ1n) is 8.10. The number of imide groups is 1.